The summed E-state index contributed by atoms with van der Waals surface area (Å²) in [5.74, 6) is 0.482. The van der Waals surface area contributed by atoms with E-state index in [-0.39, 0.29) is 30.0 Å². The van der Waals surface area contributed by atoms with E-state index in [1.54, 1.807) is 18.4 Å². The molecule has 7 heteroatoms. The monoisotopic (exact) mass is 375 g/mol. The van der Waals surface area contributed by atoms with Gasteiger partial charge in [-0.25, -0.2) is 9.18 Å². The van der Waals surface area contributed by atoms with Gasteiger partial charge in [0.1, 0.15) is 11.6 Å². The second-order valence-electron chi connectivity index (χ2n) is 6.93. The number of carbonyl (C=O) groups is 1. The summed E-state index contributed by atoms with van der Waals surface area (Å²) in [5.41, 5.74) is 0.827. The molecule has 2 aromatic rings. The highest BCUT2D eigenvalue weighted by atomic mass is 19.1. The Bertz CT molecular complexity index is 713. The molecule has 3 unspecified atom stereocenters. The van der Waals surface area contributed by atoms with Crippen molar-refractivity contribution in [2.75, 3.05) is 27.2 Å². The number of likely N-dealkylation sites (N-methyl/N-ethyl adjacent to an activating group) is 1. The fourth-order valence-corrected chi connectivity index (χ4v) is 3.33. The lowest BCUT2D eigenvalue weighted by molar-refractivity contribution is 0.0806. The van der Waals surface area contributed by atoms with Crippen LogP contribution in [0.25, 0.3) is 0 Å². The number of urea groups is 1. The molecule has 0 bridgehead atoms. The molecular formula is C20H26FN3O3. The van der Waals surface area contributed by atoms with Gasteiger partial charge in [-0.15, -0.1) is 0 Å². The van der Waals surface area contributed by atoms with Crippen molar-refractivity contribution in [1.29, 1.82) is 0 Å². The zero-order valence-corrected chi connectivity index (χ0v) is 15.7. The average Bonchev–Trinajstić information content (AvgIpc) is 3.35. The Balaban J connectivity index is 1.64. The highest BCUT2D eigenvalue weighted by Gasteiger charge is 2.29. The van der Waals surface area contributed by atoms with E-state index in [0.717, 1.165) is 24.2 Å². The molecule has 1 saturated heterocycles. The molecule has 2 N–H and O–H groups in total. The van der Waals surface area contributed by atoms with Crippen LogP contribution < -0.4 is 10.6 Å². The van der Waals surface area contributed by atoms with Gasteiger partial charge in [-0.05, 0) is 56.8 Å². The molecule has 1 fully saturated rings. The predicted octanol–water partition coefficient (Wildman–Crippen LogP) is 3.24. The fraction of sp³-hybridized carbons (Fsp3) is 0.450. The predicted molar refractivity (Wildman–Crippen MR) is 99.8 cm³/mol. The molecule has 0 aliphatic carbocycles. The van der Waals surface area contributed by atoms with Crippen LogP contribution in [0.3, 0.4) is 0 Å². The van der Waals surface area contributed by atoms with E-state index < -0.39 is 0 Å². The normalized spacial score (nSPS) is 19.0. The first kappa shape index (κ1) is 19.4. The van der Waals surface area contributed by atoms with Crippen molar-refractivity contribution in [2.24, 2.45) is 0 Å². The topological polar surface area (TPSA) is 66.7 Å². The van der Waals surface area contributed by atoms with Crippen LogP contribution >= 0.6 is 0 Å². The number of hydrogen-bond donors (Lipinski definition) is 2. The van der Waals surface area contributed by atoms with Gasteiger partial charge in [0.25, 0.3) is 0 Å². The number of benzene rings is 1. The van der Waals surface area contributed by atoms with Crippen molar-refractivity contribution < 1.29 is 18.3 Å². The molecule has 1 aromatic heterocycles. The van der Waals surface area contributed by atoms with Gasteiger partial charge in [-0.3, -0.25) is 4.90 Å². The second kappa shape index (κ2) is 9.01. The van der Waals surface area contributed by atoms with Crippen LogP contribution in [0.4, 0.5) is 9.18 Å². The number of amides is 2. The molecule has 3 rings (SSSR count). The maximum absolute atomic E-state index is 13.3. The molecule has 146 valence electrons. The first-order valence-corrected chi connectivity index (χ1v) is 9.16. The lowest BCUT2D eigenvalue weighted by atomic mass is 9.99. The number of nitrogens with zero attached hydrogens (tertiary/aromatic N) is 1. The summed E-state index contributed by atoms with van der Waals surface area (Å²) in [6.45, 7) is 1.07. The van der Waals surface area contributed by atoms with Gasteiger partial charge in [0.15, 0.2) is 0 Å². The SMILES string of the molecule is CN(C)C(CNC(=O)NC(c1ccc(F)cc1)C1CCCO1)c1ccco1. The van der Waals surface area contributed by atoms with E-state index in [0.29, 0.717) is 13.2 Å². The van der Waals surface area contributed by atoms with Crippen molar-refractivity contribution in [3.8, 4) is 0 Å². The highest BCUT2D eigenvalue weighted by Crippen LogP contribution is 2.27. The smallest absolute Gasteiger partial charge is 0.315 e. The molecule has 0 radical (unpaired) electrons. The summed E-state index contributed by atoms with van der Waals surface area (Å²) in [4.78, 5) is 14.5. The first-order chi connectivity index (χ1) is 13.0. The number of rotatable bonds is 7. The molecule has 2 amide bonds. The van der Waals surface area contributed by atoms with Gasteiger partial charge < -0.3 is 19.8 Å². The number of furan rings is 1. The summed E-state index contributed by atoms with van der Waals surface area (Å²) < 4.78 is 24.5. The summed E-state index contributed by atoms with van der Waals surface area (Å²) >= 11 is 0. The lowest BCUT2D eigenvalue weighted by Crippen LogP contribution is -2.44. The number of nitrogens with one attached hydrogen (secondary N) is 2. The molecule has 1 aliphatic heterocycles. The van der Waals surface area contributed by atoms with Gasteiger partial charge in [-0.1, -0.05) is 12.1 Å². The maximum Gasteiger partial charge on any atom is 0.315 e. The largest absolute Gasteiger partial charge is 0.468 e. The van der Waals surface area contributed by atoms with Crippen LogP contribution in [0.5, 0.6) is 0 Å². The molecule has 3 atom stereocenters. The Morgan fingerprint density at radius 2 is 2.07 bits per heavy atom. The third kappa shape index (κ3) is 5.08. The molecule has 27 heavy (non-hydrogen) atoms. The quantitative estimate of drug-likeness (QED) is 0.780. The molecule has 0 spiro atoms. The maximum atomic E-state index is 13.3. The van der Waals surface area contributed by atoms with E-state index in [1.807, 2.05) is 31.1 Å². The van der Waals surface area contributed by atoms with Gasteiger partial charge in [-0.2, -0.15) is 0 Å². The van der Waals surface area contributed by atoms with Gasteiger partial charge in [0, 0.05) is 13.2 Å². The van der Waals surface area contributed by atoms with Crippen LogP contribution in [0, 0.1) is 5.82 Å². The standard InChI is InChI=1S/C20H26FN3O3/c1-24(2)16(17-5-3-11-26-17)13-22-20(25)23-19(18-6-4-12-27-18)14-7-9-15(21)10-8-14/h3,5,7-11,16,18-19H,4,6,12-13H2,1-2H3,(H2,22,23,25). The zero-order chi connectivity index (χ0) is 19.2. The third-order valence-corrected chi connectivity index (χ3v) is 4.80. The Morgan fingerprint density at radius 3 is 2.67 bits per heavy atom. The summed E-state index contributed by atoms with van der Waals surface area (Å²) in [6, 6.07) is 9.20. The Hall–Kier alpha value is -2.38. The zero-order valence-electron chi connectivity index (χ0n) is 15.7. The van der Waals surface area contributed by atoms with E-state index in [1.165, 1.54) is 12.1 Å². The first-order valence-electron chi connectivity index (χ1n) is 9.16. The Kier molecular flexibility index (Phi) is 6.47. The fourth-order valence-electron chi connectivity index (χ4n) is 3.33. The third-order valence-electron chi connectivity index (χ3n) is 4.80. The number of hydrogen-bond acceptors (Lipinski definition) is 4. The van der Waals surface area contributed by atoms with E-state index in [9.17, 15) is 9.18 Å². The molecule has 1 aromatic carbocycles. The summed E-state index contributed by atoms with van der Waals surface area (Å²) in [7, 11) is 3.86. The molecule has 0 saturated carbocycles. The Morgan fingerprint density at radius 1 is 1.30 bits per heavy atom. The minimum atomic E-state index is -0.325. The van der Waals surface area contributed by atoms with Crippen molar-refractivity contribution in [2.45, 2.75) is 31.0 Å². The number of halogens is 1. The minimum absolute atomic E-state index is 0.0715. The van der Waals surface area contributed by atoms with Crippen LogP contribution in [-0.2, 0) is 4.74 Å². The van der Waals surface area contributed by atoms with Crippen LogP contribution in [0.2, 0.25) is 0 Å². The second-order valence-corrected chi connectivity index (χ2v) is 6.93. The number of ether oxygens (including phenoxy) is 1. The minimum Gasteiger partial charge on any atom is -0.468 e. The molecule has 1 aliphatic rings. The molecule has 6 nitrogen and oxygen atoms in total. The highest BCUT2D eigenvalue weighted by molar-refractivity contribution is 5.74. The van der Waals surface area contributed by atoms with Gasteiger partial charge >= 0.3 is 6.03 Å². The van der Waals surface area contributed by atoms with Crippen LogP contribution in [0.1, 0.15) is 36.2 Å². The van der Waals surface area contributed by atoms with Crippen molar-refractivity contribution in [1.82, 2.24) is 15.5 Å². The van der Waals surface area contributed by atoms with Crippen molar-refractivity contribution in [3.05, 3.63) is 59.8 Å². The van der Waals surface area contributed by atoms with Crippen molar-refractivity contribution >= 4 is 6.03 Å². The van der Waals surface area contributed by atoms with Crippen molar-refractivity contribution in [3.63, 3.8) is 0 Å². The van der Waals surface area contributed by atoms with E-state index in [4.69, 9.17) is 9.15 Å². The number of carbonyl (C=O) groups excluding carboxylic acids is 1. The van der Waals surface area contributed by atoms with E-state index >= 15 is 0 Å². The summed E-state index contributed by atoms with van der Waals surface area (Å²) in [6.07, 6.45) is 3.31. The lowest BCUT2D eigenvalue weighted by Gasteiger charge is -2.26. The summed E-state index contributed by atoms with van der Waals surface area (Å²) in [5, 5.41) is 5.89. The molecule has 2 heterocycles. The van der Waals surface area contributed by atoms with Crippen LogP contribution in [-0.4, -0.2) is 44.3 Å². The van der Waals surface area contributed by atoms with Crippen LogP contribution in [0.15, 0.2) is 47.1 Å². The Labute approximate surface area is 158 Å². The van der Waals surface area contributed by atoms with Gasteiger partial charge in [0.2, 0.25) is 0 Å². The van der Waals surface area contributed by atoms with Gasteiger partial charge in [0.05, 0.1) is 24.5 Å². The molecular weight excluding hydrogens is 349 g/mol. The van der Waals surface area contributed by atoms with E-state index in [2.05, 4.69) is 10.6 Å². The average molecular weight is 375 g/mol.